The second-order valence-electron chi connectivity index (χ2n) is 7.14. The van der Waals surface area contributed by atoms with Gasteiger partial charge in [-0.2, -0.15) is 0 Å². The summed E-state index contributed by atoms with van der Waals surface area (Å²) in [7, 11) is 1.66. The van der Waals surface area contributed by atoms with Gasteiger partial charge in [-0.3, -0.25) is 14.2 Å². The van der Waals surface area contributed by atoms with E-state index in [1.807, 2.05) is 30.3 Å². The normalized spacial score (nSPS) is 12.0. The molecule has 4 aromatic rings. The van der Waals surface area contributed by atoms with Gasteiger partial charge >= 0.3 is 0 Å². The maximum atomic E-state index is 14.6. The number of fused-ring (bicyclic) bond motifs is 1. The Balaban J connectivity index is 1.79. The first-order valence-corrected chi connectivity index (χ1v) is 10.7. The zero-order chi connectivity index (χ0) is 22.8. The fourth-order valence-corrected chi connectivity index (χ4v) is 4.34. The minimum Gasteiger partial charge on any atom is -0.315 e. The summed E-state index contributed by atoms with van der Waals surface area (Å²) < 4.78 is 29.2. The third-order valence-corrected chi connectivity index (χ3v) is 6.04. The molecule has 1 unspecified atom stereocenters. The van der Waals surface area contributed by atoms with Crippen molar-refractivity contribution in [2.75, 3.05) is 11.9 Å². The van der Waals surface area contributed by atoms with E-state index in [2.05, 4.69) is 4.98 Å². The van der Waals surface area contributed by atoms with E-state index in [1.54, 1.807) is 38.2 Å². The number of carbonyl (C=O) groups is 1. The highest BCUT2D eigenvalue weighted by Crippen LogP contribution is 2.28. The van der Waals surface area contributed by atoms with Crippen LogP contribution in [0.2, 0.25) is 0 Å². The van der Waals surface area contributed by atoms with E-state index in [0.29, 0.717) is 17.0 Å². The summed E-state index contributed by atoms with van der Waals surface area (Å²) in [4.78, 5) is 32.3. The van der Waals surface area contributed by atoms with Gasteiger partial charge < -0.3 is 4.90 Å². The second-order valence-corrected chi connectivity index (χ2v) is 8.45. The van der Waals surface area contributed by atoms with Crippen LogP contribution in [0.5, 0.6) is 0 Å². The Morgan fingerprint density at radius 2 is 1.72 bits per heavy atom. The lowest BCUT2D eigenvalue weighted by atomic mass is 10.2. The van der Waals surface area contributed by atoms with Gasteiger partial charge in [-0.1, -0.05) is 42.1 Å². The molecular formula is C24H19F2N3O2S. The van der Waals surface area contributed by atoms with Gasteiger partial charge in [-0.25, -0.2) is 13.8 Å². The van der Waals surface area contributed by atoms with E-state index in [1.165, 1.54) is 11.0 Å². The number of para-hydroxylation sites is 2. The van der Waals surface area contributed by atoms with Crippen molar-refractivity contribution in [2.45, 2.75) is 17.3 Å². The van der Waals surface area contributed by atoms with E-state index in [9.17, 15) is 18.4 Å². The van der Waals surface area contributed by atoms with Crippen molar-refractivity contribution in [3.63, 3.8) is 0 Å². The maximum Gasteiger partial charge on any atom is 0.266 e. The molecule has 0 saturated heterocycles. The zero-order valence-electron chi connectivity index (χ0n) is 17.3. The summed E-state index contributed by atoms with van der Waals surface area (Å²) in [6, 6.07) is 18.8. The second kappa shape index (κ2) is 8.92. The van der Waals surface area contributed by atoms with Crippen molar-refractivity contribution < 1.29 is 13.6 Å². The number of anilines is 1. The van der Waals surface area contributed by atoms with Gasteiger partial charge in [0.1, 0.15) is 11.6 Å². The number of hydrogen-bond donors (Lipinski definition) is 0. The minimum absolute atomic E-state index is 0.131. The Morgan fingerprint density at radius 3 is 2.44 bits per heavy atom. The molecule has 1 heterocycles. The smallest absolute Gasteiger partial charge is 0.266 e. The standard InChI is InChI=1S/C24H19F2N3O2S/c1-15(22(30)28(2)17-8-4-3-5-9-17)32-24-27-20-11-7-6-10-18(20)23(31)29(24)21-13-12-16(25)14-19(21)26/h3-15H,1-2H3. The van der Waals surface area contributed by atoms with Crippen LogP contribution < -0.4 is 10.5 Å². The van der Waals surface area contributed by atoms with Gasteiger partial charge in [0.25, 0.3) is 5.56 Å². The van der Waals surface area contributed by atoms with Crippen molar-refractivity contribution in [1.29, 1.82) is 0 Å². The number of benzene rings is 3. The summed E-state index contributed by atoms with van der Waals surface area (Å²) in [5, 5.41) is -0.203. The topological polar surface area (TPSA) is 55.2 Å². The Labute approximate surface area is 187 Å². The van der Waals surface area contributed by atoms with Crippen LogP contribution in [0, 0.1) is 11.6 Å². The molecule has 0 spiro atoms. The predicted octanol–water partition coefficient (Wildman–Crippen LogP) is 4.81. The molecule has 8 heteroatoms. The van der Waals surface area contributed by atoms with Crippen LogP contribution in [0.3, 0.4) is 0 Å². The molecule has 1 amide bonds. The maximum absolute atomic E-state index is 14.6. The highest BCUT2D eigenvalue weighted by molar-refractivity contribution is 8.00. The number of thioether (sulfide) groups is 1. The average molecular weight is 451 g/mol. The summed E-state index contributed by atoms with van der Waals surface area (Å²) in [5.41, 5.74) is 0.515. The van der Waals surface area contributed by atoms with Crippen molar-refractivity contribution in [1.82, 2.24) is 9.55 Å². The molecule has 0 fully saturated rings. The molecule has 162 valence electrons. The van der Waals surface area contributed by atoms with Crippen LogP contribution in [0.15, 0.2) is 82.7 Å². The molecule has 5 nitrogen and oxygen atoms in total. The molecule has 0 aliphatic rings. The van der Waals surface area contributed by atoms with E-state index in [4.69, 9.17) is 0 Å². The van der Waals surface area contributed by atoms with Crippen LogP contribution in [0.25, 0.3) is 16.6 Å². The highest BCUT2D eigenvalue weighted by atomic mass is 32.2. The van der Waals surface area contributed by atoms with E-state index in [0.717, 1.165) is 28.1 Å². The molecule has 1 aromatic heterocycles. The fraction of sp³-hybridized carbons (Fsp3) is 0.125. The summed E-state index contributed by atoms with van der Waals surface area (Å²) in [6.07, 6.45) is 0. The number of nitrogens with zero attached hydrogens (tertiary/aromatic N) is 3. The first-order chi connectivity index (χ1) is 15.4. The number of hydrogen-bond acceptors (Lipinski definition) is 4. The van der Waals surface area contributed by atoms with Crippen LogP contribution >= 0.6 is 11.8 Å². The van der Waals surface area contributed by atoms with Crippen LogP contribution in [0.1, 0.15) is 6.92 Å². The quantitative estimate of drug-likeness (QED) is 0.323. The SMILES string of the molecule is CC(Sc1nc2ccccc2c(=O)n1-c1ccc(F)cc1F)C(=O)N(C)c1ccccc1. The van der Waals surface area contributed by atoms with E-state index >= 15 is 0 Å². The number of rotatable bonds is 5. The van der Waals surface area contributed by atoms with Crippen LogP contribution in [-0.2, 0) is 4.79 Å². The predicted molar refractivity (Wildman–Crippen MR) is 122 cm³/mol. The van der Waals surface area contributed by atoms with E-state index < -0.39 is 22.4 Å². The van der Waals surface area contributed by atoms with Gasteiger partial charge in [0, 0.05) is 18.8 Å². The third-order valence-electron chi connectivity index (χ3n) is 5.00. The van der Waals surface area contributed by atoms with Crippen molar-refractivity contribution >= 4 is 34.3 Å². The lowest BCUT2D eigenvalue weighted by Gasteiger charge is -2.22. The number of amides is 1. The first kappa shape index (κ1) is 21.7. The average Bonchev–Trinajstić information content (AvgIpc) is 2.80. The lowest BCUT2D eigenvalue weighted by Crippen LogP contribution is -2.34. The molecule has 0 bridgehead atoms. The van der Waals surface area contributed by atoms with Crippen molar-refractivity contribution in [2.24, 2.45) is 0 Å². The van der Waals surface area contributed by atoms with Crippen LogP contribution in [-0.4, -0.2) is 27.8 Å². The summed E-state index contributed by atoms with van der Waals surface area (Å²) in [6.45, 7) is 1.69. The van der Waals surface area contributed by atoms with Crippen molar-refractivity contribution in [3.05, 3.63) is 94.8 Å². The monoisotopic (exact) mass is 451 g/mol. The molecule has 0 aliphatic heterocycles. The molecule has 0 radical (unpaired) electrons. The van der Waals surface area contributed by atoms with Gasteiger partial charge in [-0.05, 0) is 43.3 Å². The highest BCUT2D eigenvalue weighted by Gasteiger charge is 2.24. The summed E-state index contributed by atoms with van der Waals surface area (Å²) in [5.74, 6) is -1.86. The van der Waals surface area contributed by atoms with Crippen LogP contribution in [0.4, 0.5) is 14.5 Å². The Morgan fingerprint density at radius 1 is 1.03 bits per heavy atom. The molecule has 0 saturated carbocycles. The first-order valence-electron chi connectivity index (χ1n) is 9.83. The molecule has 3 aromatic carbocycles. The molecule has 1 atom stereocenters. The molecule has 0 N–H and O–H groups in total. The Bertz CT molecular complexity index is 1360. The third kappa shape index (κ3) is 4.13. The molecule has 32 heavy (non-hydrogen) atoms. The molecule has 0 aliphatic carbocycles. The summed E-state index contributed by atoms with van der Waals surface area (Å²) >= 11 is 1.04. The Kier molecular flexibility index (Phi) is 6.05. The number of carbonyl (C=O) groups excluding carboxylic acids is 1. The minimum atomic E-state index is -0.897. The number of halogens is 2. The van der Waals surface area contributed by atoms with Gasteiger partial charge in [0.05, 0.1) is 21.8 Å². The van der Waals surface area contributed by atoms with Gasteiger partial charge in [0.15, 0.2) is 5.16 Å². The van der Waals surface area contributed by atoms with Crippen molar-refractivity contribution in [3.8, 4) is 5.69 Å². The van der Waals surface area contributed by atoms with Gasteiger partial charge in [0.2, 0.25) is 5.91 Å². The molecular weight excluding hydrogens is 432 g/mol. The Hall–Kier alpha value is -3.52. The largest absolute Gasteiger partial charge is 0.315 e. The lowest BCUT2D eigenvalue weighted by molar-refractivity contribution is -0.117. The van der Waals surface area contributed by atoms with E-state index in [-0.39, 0.29) is 16.8 Å². The number of aromatic nitrogens is 2. The fourth-order valence-electron chi connectivity index (χ4n) is 3.33. The zero-order valence-corrected chi connectivity index (χ0v) is 18.1. The van der Waals surface area contributed by atoms with Gasteiger partial charge in [-0.15, -0.1) is 0 Å². The molecule has 4 rings (SSSR count).